The van der Waals surface area contributed by atoms with E-state index in [2.05, 4.69) is 19.9 Å². The molecule has 2 atom stereocenters. The van der Waals surface area contributed by atoms with Crippen molar-refractivity contribution < 1.29 is 32.2 Å². The van der Waals surface area contributed by atoms with Crippen LogP contribution in [0.3, 0.4) is 0 Å². The minimum atomic E-state index is -3.30. The Hall–Kier alpha value is -5.47. The Morgan fingerprint density at radius 3 is 2.04 bits per heavy atom. The standard InChI is InChI=1S/C40H44N6O7S/c1-23-11-12-41-19-32(23)34-13-26-14-37(44-40(47)38-30-15-27(16-31(30)38)45-54(6,48)49)42-20-33(26)39(43-34)46(21-24-7-9-28(50-2)17-35(24)52-4)22-25-8-10-29(51-3)18-36(25)53-5/h7-14,17-20,27,30-31,38,45H,15-16,21-22H2,1-6H3,(H,42,44,47). The number of benzene rings is 2. The Bertz CT molecular complexity index is 2250. The van der Waals surface area contributed by atoms with E-state index in [4.69, 9.17) is 28.9 Å². The van der Waals surface area contributed by atoms with Crippen molar-refractivity contribution >= 4 is 38.3 Å². The molecule has 0 bridgehead atoms. The van der Waals surface area contributed by atoms with Crippen LogP contribution in [0.15, 0.2) is 73.2 Å². The SMILES string of the molecule is COc1ccc(CN(Cc2ccc(OC)cc2OC)c2nc(-c3cnccc3C)cc3cc(NC(=O)C4C5CC(NS(C)(=O)=O)CC54)ncc23)c(OC)c1. The number of hydrogen-bond acceptors (Lipinski definition) is 11. The van der Waals surface area contributed by atoms with E-state index in [-0.39, 0.29) is 29.7 Å². The summed E-state index contributed by atoms with van der Waals surface area (Å²) in [5.74, 6) is 3.79. The molecule has 1 amide bonds. The van der Waals surface area contributed by atoms with Gasteiger partial charge in [-0.2, -0.15) is 0 Å². The predicted octanol–water partition coefficient (Wildman–Crippen LogP) is 5.75. The van der Waals surface area contributed by atoms with Crippen LogP contribution in [0.4, 0.5) is 11.6 Å². The lowest BCUT2D eigenvalue weighted by Crippen LogP contribution is -2.34. The smallest absolute Gasteiger partial charge is 0.229 e. The number of hydrogen-bond donors (Lipinski definition) is 2. The third-order valence-corrected chi connectivity index (χ3v) is 11.2. The first-order valence-electron chi connectivity index (χ1n) is 17.6. The van der Waals surface area contributed by atoms with Gasteiger partial charge in [0.05, 0.1) is 40.4 Å². The summed E-state index contributed by atoms with van der Waals surface area (Å²) < 4.78 is 48.7. The van der Waals surface area contributed by atoms with E-state index in [0.717, 1.165) is 33.0 Å². The van der Waals surface area contributed by atoms with Crippen molar-refractivity contribution in [3.8, 4) is 34.3 Å². The largest absolute Gasteiger partial charge is 0.497 e. The zero-order valence-electron chi connectivity index (χ0n) is 31.1. The van der Waals surface area contributed by atoms with E-state index in [9.17, 15) is 13.2 Å². The Morgan fingerprint density at radius 2 is 1.48 bits per heavy atom. The molecule has 7 rings (SSSR count). The van der Waals surface area contributed by atoms with Gasteiger partial charge in [-0.05, 0) is 85.0 Å². The zero-order chi connectivity index (χ0) is 38.1. The van der Waals surface area contributed by atoms with E-state index in [0.29, 0.717) is 66.3 Å². The number of carbonyl (C=O) groups excluding carboxylic acids is 1. The molecule has 2 saturated carbocycles. The number of methoxy groups -OCH3 is 4. The normalized spacial score (nSPS) is 18.9. The molecule has 3 aromatic heterocycles. The second-order valence-electron chi connectivity index (χ2n) is 13.9. The van der Waals surface area contributed by atoms with Gasteiger partial charge in [0, 0.05) is 77.8 Å². The molecule has 2 aliphatic carbocycles. The average molecular weight is 753 g/mol. The molecular formula is C40H44N6O7S. The molecular weight excluding hydrogens is 709 g/mol. The van der Waals surface area contributed by atoms with Crippen LogP contribution in [-0.4, -0.2) is 70.0 Å². The van der Waals surface area contributed by atoms with Crippen LogP contribution in [0.25, 0.3) is 22.0 Å². The van der Waals surface area contributed by atoms with Crippen molar-refractivity contribution in [2.75, 3.05) is 44.9 Å². The summed E-state index contributed by atoms with van der Waals surface area (Å²) >= 11 is 0. The molecule has 3 heterocycles. The Kier molecular flexibility index (Phi) is 10.3. The van der Waals surface area contributed by atoms with Gasteiger partial charge in [0.1, 0.15) is 34.6 Å². The summed E-state index contributed by atoms with van der Waals surface area (Å²) in [6, 6.07) is 17.2. The molecule has 0 saturated heterocycles. The highest BCUT2D eigenvalue weighted by Crippen LogP contribution is 2.58. The average Bonchev–Trinajstić information content (AvgIpc) is 3.68. The van der Waals surface area contributed by atoms with Gasteiger partial charge >= 0.3 is 0 Å². The monoisotopic (exact) mass is 752 g/mol. The molecule has 5 aromatic rings. The summed E-state index contributed by atoms with van der Waals surface area (Å²) in [4.78, 5) is 30.0. The quantitative estimate of drug-likeness (QED) is 0.143. The lowest BCUT2D eigenvalue weighted by atomic mass is 10.0. The molecule has 0 spiro atoms. The van der Waals surface area contributed by atoms with Crippen LogP contribution < -0.4 is 33.9 Å². The number of nitrogens with one attached hydrogen (secondary N) is 2. The number of anilines is 2. The van der Waals surface area contributed by atoms with Crippen LogP contribution in [0.2, 0.25) is 0 Å². The van der Waals surface area contributed by atoms with E-state index in [1.807, 2.05) is 61.5 Å². The minimum Gasteiger partial charge on any atom is -0.497 e. The van der Waals surface area contributed by atoms with Gasteiger partial charge in [-0.1, -0.05) is 0 Å². The maximum absolute atomic E-state index is 13.5. The highest BCUT2D eigenvalue weighted by Gasteiger charge is 2.59. The number of fused-ring (bicyclic) bond motifs is 2. The number of pyridine rings is 3. The van der Waals surface area contributed by atoms with E-state index < -0.39 is 10.0 Å². The first kappa shape index (κ1) is 36.9. The first-order chi connectivity index (χ1) is 26.0. The van der Waals surface area contributed by atoms with Crippen LogP contribution in [0.5, 0.6) is 23.0 Å². The number of sulfonamides is 1. The molecule has 0 aliphatic heterocycles. The van der Waals surface area contributed by atoms with E-state index in [1.54, 1.807) is 47.0 Å². The number of carbonyl (C=O) groups is 1. The maximum Gasteiger partial charge on any atom is 0.229 e. The number of nitrogens with zero attached hydrogens (tertiary/aromatic N) is 4. The molecule has 2 fully saturated rings. The van der Waals surface area contributed by atoms with Crippen molar-refractivity contribution in [3.05, 3.63) is 89.9 Å². The topological polar surface area (TPSA) is 154 Å². The summed E-state index contributed by atoms with van der Waals surface area (Å²) in [6.07, 6.45) is 7.77. The maximum atomic E-state index is 13.5. The number of amides is 1. The molecule has 14 heteroatoms. The fraction of sp³-hybridized carbons (Fsp3) is 0.350. The summed E-state index contributed by atoms with van der Waals surface area (Å²) in [7, 11) is 3.20. The lowest BCUT2D eigenvalue weighted by Gasteiger charge is -2.28. The number of aryl methyl sites for hydroxylation is 1. The van der Waals surface area contributed by atoms with Gasteiger partial charge in [-0.3, -0.25) is 9.78 Å². The Morgan fingerprint density at radius 1 is 0.852 bits per heavy atom. The zero-order valence-corrected chi connectivity index (χ0v) is 31.9. The third kappa shape index (κ3) is 7.75. The van der Waals surface area contributed by atoms with Crippen molar-refractivity contribution in [1.29, 1.82) is 0 Å². The fourth-order valence-corrected chi connectivity index (χ4v) is 8.53. The van der Waals surface area contributed by atoms with Gasteiger partial charge in [0.15, 0.2) is 0 Å². The summed E-state index contributed by atoms with van der Waals surface area (Å²) in [5, 5.41) is 4.65. The van der Waals surface area contributed by atoms with Gasteiger partial charge in [0.25, 0.3) is 0 Å². The minimum absolute atomic E-state index is 0.105. The molecule has 13 nitrogen and oxygen atoms in total. The van der Waals surface area contributed by atoms with E-state index >= 15 is 0 Å². The third-order valence-electron chi connectivity index (χ3n) is 10.4. The van der Waals surface area contributed by atoms with Crippen molar-refractivity contribution in [2.24, 2.45) is 17.8 Å². The van der Waals surface area contributed by atoms with Crippen molar-refractivity contribution in [3.63, 3.8) is 0 Å². The molecule has 2 unspecified atom stereocenters. The van der Waals surface area contributed by atoms with E-state index in [1.165, 1.54) is 6.26 Å². The molecule has 2 aromatic carbocycles. The van der Waals surface area contributed by atoms with Gasteiger partial charge in [-0.25, -0.2) is 23.1 Å². The first-order valence-corrected chi connectivity index (χ1v) is 19.5. The van der Waals surface area contributed by atoms with Gasteiger partial charge in [-0.15, -0.1) is 0 Å². The number of aromatic nitrogens is 3. The highest BCUT2D eigenvalue weighted by atomic mass is 32.2. The molecule has 54 heavy (non-hydrogen) atoms. The number of rotatable bonds is 14. The predicted molar refractivity (Wildman–Crippen MR) is 207 cm³/mol. The van der Waals surface area contributed by atoms with Gasteiger partial charge in [0.2, 0.25) is 15.9 Å². The Balaban J connectivity index is 1.28. The van der Waals surface area contributed by atoms with Crippen molar-refractivity contribution in [1.82, 2.24) is 19.7 Å². The highest BCUT2D eigenvalue weighted by molar-refractivity contribution is 7.88. The fourth-order valence-electron chi connectivity index (χ4n) is 7.73. The van der Waals surface area contributed by atoms with Crippen LogP contribution in [0, 0.1) is 24.7 Å². The molecule has 0 radical (unpaired) electrons. The molecule has 2 N–H and O–H groups in total. The number of ether oxygens (including phenoxy) is 4. The molecule has 282 valence electrons. The van der Waals surface area contributed by atoms with Crippen LogP contribution >= 0.6 is 0 Å². The van der Waals surface area contributed by atoms with Crippen LogP contribution in [0.1, 0.15) is 29.5 Å². The second kappa shape index (κ2) is 15.1. The lowest BCUT2D eigenvalue weighted by molar-refractivity contribution is -0.118. The van der Waals surface area contributed by atoms with Gasteiger partial charge < -0.3 is 29.2 Å². The molecule has 2 aliphatic rings. The second-order valence-corrected chi connectivity index (χ2v) is 15.7. The van der Waals surface area contributed by atoms with Crippen LogP contribution in [-0.2, 0) is 27.9 Å². The van der Waals surface area contributed by atoms with Crippen molar-refractivity contribution in [2.45, 2.75) is 38.9 Å². The summed E-state index contributed by atoms with van der Waals surface area (Å²) in [6.45, 7) is 2.82. The Labute approximate surface area is 315 Å². The summed E-state index contributed by atoms with van der Waals surface area (Å²) in [5.41, 5.74) is 4.40.